The van der Waals surface area contributed by atoms with Crippen molar-refractivity contribution in [2.75, 3.05) is 32.2 Å². The van der Waals surface area contributed by atoms with Crippen LogP contribution < -0.4 is 14.8 Å². The van der Waals surface area contributed by atoms with E-state index in [4.69, 9.17) is 9.47 Å². The van der Waals surface area contributed by atoms with E-state index in [0.29, 0.717) is 37.8 Å². The first kappa shape index (κ1) is 21.9. The third-order valence-electron chi connectivity index (χ3n) is 4.81. The van der Waals surface area contributed by atoms with Gasteiger partial charge >= 0.3 is 6.03 Å². The van der Waals surface area contributed by atoms with Crippen LogP contribution in [0, 0.1) is 11.7 Å². The average Bonchev–Trinajstić information content (AvgIpc) is 3.52. The van der Waals surface area contributed by atoms with E-state index in [1.807, 2.05) is 6.92 Å². The van der Waals surface area contributed by atoms with Crippen LogP contribution in [0.25, 0.3) is 0 Å². The van der Waals surface area contributed by atoms with Crippen LogP contribution in [0.4, 0.5) is 9.18 Å². The Morgan fingerprint density at radius 1 is 1.38 bits per heavy atom. The topological polar surface area (TPSA) is 79.9 Å². The number of nitrogens with zero attached hydrogens (tertiary/aromatic N) is 1. The molecule has 1 saturated carbocycles. The van der Waals surface area contributed by atoms with Gasteiger partial charge in [0.05, 0.1) is 6.61 Å². The molecule has 2 fully saturated rings. The number of halogens is 1. The molecule has 2 aliphatic rings. The van der Waals surface area contributed by atoms with Gasteiger partial charge in [-0.2, -0.15) is 0 Å². The maximum Gasteiger partial charge on any atom is 0.325 e. The van der Waals surface area contributed by atoms with Gasteiger partial charge in [-0.05, 0) is 49.8 Å². The quantitative estimate of drug-likeness (QED) is 0.395. The van der Waals surface area contributed by atoms with Crippen molar-refractivity contribution in [3.63, 3.8) is 0 Å². The second-order valence-corrected chi connectivity index (χ2v) is 8.32. The van der Waals surface area contributed by atoms with Crippen LogP contribution in [0.1, 0.15) is 44.2 Å². The van der Waals surface area contributed by atoms with E-state index in [1.54, 1.807) is 24.1 Å². The monoisotopic (exact) mass is 425 g/mol. The smallest absolute Gasteiger partial charge is 0.325 e. The first-order chi connectivity index (χ1) is 14.0. The zero-order chi connectivity index (χ0) is 20.6. The summed E-state index contributed by atoms with van der Waals surface area (Å²) in [7, 11) is 0. The maximum absolute atomic E-state index is 13.9. The number of imide groups is 1. The number of carbonyl (C=O) groups is 2. The second kappa shape index (κ2) is 10.8. The first-order valence-electron chi connectivity index (χ1n) is 9.99. The Balaban J connectivity index is 1.28. The van der Waals surface area contributed by atoms with E-state index in [-0.39, 0.29) is 24.5 Å². The molecular formula is C20H28FN3O4S. The Kier molecular flexibility index (Phi) is 8.14. The fraction of sp³-hybridized carbons (Fsp3) is 0.600. The summed E-state index contributed by atoms with van der Waals surface area (Å²) in [4.78, 5) is 24.1. The van der Waals surface area contributed by atoms with Gasteiger partial charge in [-0.15, -0.1) is 0 Å². The molecule has 1 unspecified atom stereocenters. The number of nitrogens with one attached hydrogen (secondary N) is 2. The van der Waals surface area contributed by atoms with Crippen molar-refractivity contribution in [2.45, 2.75) is 38.6 Å². The molecule has 1 saturated heterocycles. The van der Waals surface area contributed by atoms with Crippen molar-refractivity contribution >= 4 is 23.9 Å². The first-order valence-corrected chi connectivity index (χ1v) is 11.0. The lowest BCUT2D eigenvalue weighted by Crippen LogP contribution is -2.50. The van der Waals surface area contributed by atoms with Crippen LogP contribution in [-0.2, 0) is 9.53 Å². The Bertz CT molecular complexity index is 717. The third-order valence-corrected chi connectivity index (χ3v) is 5.82. The molecule has 3 rings (SSSR count). The highest BCUT2D eigenvalue weighted by atomic mass is 32.2. The predicted molar refractivity (Wildman–Crippen MR) is 109 cm³/mol. The number of hydrogen-bond donors (Lipinski definition) is 2. The van der Waals surface area contributed by atoms with Gasteiger partial charge in [0.25, 0.3) is 0 Å². The summed E-state index contributed by atoms with van der Waals surface area (Å²) in [6.07, 6.45) is 3.47. The molecule has 1 aliphatic carbocycles. The number of urea groups is 1. The lowest BCUT2D eigenvalue weighted by atomic mass is 10.1. The molecule has 1 atom stereocenters. The predicted octanol–water partition coefficient (Wildman–Crippen LogP) is 3.22. The number of benzene rings is 1. The number of carbonyl (C=O) groups excluding carboxylic acids is 2. The minimum absolute atomic E-state index is 0.0550. The second-order valence-electron chi connectivity index (χ2n) is 7.39. The number of amides is 3. The molecule has 1 aliphatic heterocycles. The number of hydrogen-bond acceptors (Lipinski definition) is 6. The third kappa shape index (κ3) is 7.17. The van der Waals surface area contributed by atoms with E-state index >= 15 is 0 Å². The molecule has 160 valence electrons. The Morgan fingerprint density at radius 3 is 2.97 bits per heavy atom. The van der Waals surface area contributed by atoms with Gasteiger partial charge in [-0.1, -0.05) is 18.0 Å². The standard InChI is InChI=1S/C20H28FN3O4S/c1-14(16-5-6-17(21)18(11-16)28-12-15-3-4-15)23-29-10-2-9-27-13-24-8-7-19(25)22-20(24)26/h5-6,11,14-15,23H,2-4,7-10,12-13H2,1H3,(H,22,25,26). The van der Waals surface area contributed by atoms with E-state index < -0.39 is 6.03 Å². The molecule has 1 aromatic carbocycles. The van der Waals surface area contributed by atoms with E-state index in [9.17, 15) is 14.0 Å². The molecule has 0 spiro atoms. The Hall–Kier alpha value is -1.84. The van der Waals surface area contributed by atoms with E-state index in [2.05, 4.69) is 10.0 Å². The highest BCUT2D eigenvalue weighted by Crippen LogP contribution is 2.31. The minimum Gasteiger partial charge on any atom is -0.490 e. The summed E-state index contributed by atoms with van der Waals surface area (Å²) in [5.41, 5.74) is 0.978. The summed E-state index contributed by atoms with van der Waals surface area (Å²) in [5.74, 6) is 1.17. The molecule has 0 bridgehead atoms. The van der Waals surface area contributed by atoms with Gasteiger partial charge in [0, 0.05) is 31.4 Å². The van der Waals surface area contributed by atoms with Gasteiger partial charge in [-0.3, -0.25) is 14.8 Å². The molecular weight excluding hydrogens is 397 g/mol. The van der Waals surface area contributed by atoms with Crippen molar-refractivity contribution in [3.8, 4) is 5.75 Å². The van der Waals surface area contributed by atoms with Crippen molar-refractivity contribution in [1.29, 1.82) is 0 Å². The zero-order valence-corrected chi connectivity index (χ0v) is 17.4. The van der Waals surface area contributed by atoms with Gasteiger partial charge in [-0.25, -0.2) is 9.18 Å². The number of rotatable bonds is 12. The molecule has 9 heteroatoms. The molecule has 29 heavy (non-hydrogen) atoms. The van der Waals surface area contributed by atoms with E-state index in [1.165, 1.54) is 23.8 Å². The highest BCUT2D eigenvalue weighted by Gasteiger charge is 2.23. The van der Waals surface area contributed by atoms with Gasteiger partial charge in [0.2, 0.25) is 5.91 Å². The normalized spacial score (nSPS) is 17.9. The fourth-order valence-corrected chi connectivity index (χ4v) is 3.54. The van der Waals surface area contributed by atoms with Gasteiger partial charge in [0.1, 0.15) is 6.73 Å². The van der Waals surface area contributed by atoms with Gasteiger partial charge < -0.3 is 14.4 Å². The maximum atomic E-state index is 13.9. The summed E-state index contributed by atoms with van der Waals surface area (Å²) >= 11 is 1.58. The Labute approximate surface area is 174 Å². The molecule has 7 nitrogen and oxygen atoms in total. The lowest BCUT2D eigenvalue weighted by Gasteiger charge is -2.26. The highest BCUT2D eigenvalue weighted by molar-refractivity contribution is 7.97. The molecule has 2 N–H and O–H groups in total. The largest absolute Gasteiger partial charge is 0.490 e. The van der Waals surface area contributed by atoms with Crippen LogP contribution in [0.2, 0.25) is 0 Å². The molecule has 1 heterocycles. The average molecular weight is 426 g/mol. The van der Waals surface area contributed by atoms with Crippen molar-refractivity contribution in [1.82, 2.24) is 14.9 Å². The fourth-order valence-electron chi connectivity index (χ4n) is 2.77. The molecule has 1 aromatic rings. The SMILES string of the molecule is CC(NSCCCOCN1CCC(=O)NC1=O)c1ccc(F)c(OCC2CC2)c1. The van der Waals surface area contributed by atoms with Crippen LogP contribution in [0.15, 0.2) is 18.2 Å². The van der Waals surface area contributed by atoms with Crippen LogP contribution >= 0.6 is 11.9 Å². The summed E-state index contributed by atoms with van der Waals surface area (Å²) in [6, 6.07) is 4.66. The minimum atomic E-state index is -0.397. The lowest BCUT2D eigenvalue weighted by molar-refractivity contribution is -0.122. The number of ether oxygens (including phenoxy) is 2. The van der Waals surface area contributed by atoms with Crippen LogP contribution in [0.3, 0.4) is 0 Å². The van der Waals surface area contributed by atoms with Crippen molar-refractivity contribution in [2.24, 2.45) is 5.92 Å². The summed E-state index contributed by atoms with van der Waals surface area (Å²) < 4.78 is 28.4. The van der Waals surface area contributed by atoms with Crippen LogP contribution in [0.5, 0.6) is 5.75 Å². The van der Waals surface area contributed by atoms with Crippen LogP contribution in [-0.4, -0.2) is 49.1 Å². The van der Waals surface area contributed by atoms with Crippen molar-refractivity contribution in [3.05, 3.63) is 29.6 Å². The zero-order valence-electron chi connectivity index (χ0n) is 16.6. The summed E-state index contributed by atoms with van der Waals surface area (Å²) in [6.45, 7) is 3.72. The molecule has 3 amide bonds. The Morgan fingerprint density at radius 2 is 2.21 bits per heavy atom. The van der Waals surface area contributed by atoms with E-state index in [0.717, 1.165) is 17.7 Å². The van der Waals surface area contributed by atoms with Gasteiger partial charge in [0.15, 0.2) is 11.6 Å². The van der Waals surface area contributed by atoms with Crippen molar-refractivity contribution < 1.29 is 23.5 Å². The summed E-state index contributed by atoms with van der Waals surface area (Å²) in [5, 5.41) is 2.26. The molecule has 0 radical (unpaired) electrons. The molecule has 0 aromatic heterocycles.